The van der Waals surface area contributed by atoms with Gasteiger partial charge >= 0.3 is 5.97 Å². The molecule has 1 aromatic heterocycles. The number of carbonyl (C=O) groups is 1. The van der Waals surface area contributed by atoms with E-state index in [4.69, 9.17) is 10.5 Å². The molecule has 0 spiro atoms. The van der Waals surface area contributed by atoms with Crippen molar-refractivity contribution in [2.75, 3.05) is 17.7 Å². The average molecular weight is 265 g/mol. The van der Waals surface area contributed by atoms with E-state index in [0.717, 1.165) is 6.42 Å². The van der Waals surface area contributed by atoms with Gasteiger partial charge in [-0.3, -0.25) is 0 Å². The lowest BCUT2D eigenvalue weighted by atomic mass is 10.0. The van der Waals surface area contributed by atoms with Gasteiger partial charge in [0.2, 0.25) is 0 Å². The maximum atomic E-state index is 11.7. The molecule has 0 bridgehead atoms. The van der Waals surface area contributed by atoms with Gasteiger partial charge in [-0.05, 0) is 25.3 Å². The molecule has 0 saturated heterocycles. The third-order valence-corrected chi connectivity index (χ3v) is 3.05. The minimum Gasteiger partial charge on any atom is -0.462 e. The molecule has 3 N–H and O–H groups in total. The lowest BCUT2D eigenvalue weighted by Gasteiger charge is -2.22. The first-order valence-electron chi connectivity index (χ1n) is 6.69. The van der Waals surface area contributed by atoms with E-state index in [0.29, 0.717) is 29.6 Å². The Balaban J connectivity index is 2.97. The molecule has 0 aromatic carbocycles. The molecule has 1 rings (SSSR count). The van der Waals surface area contributed by atoms with E-state index in [1.54, 1.807) is 19.2 Å². The van der Waals surface area contributed by atoms with Gasteiger partial charge in [-0.25, -0.2) is 9.78 Å². The van der Waals surface area contributed by atoms with Crippen LogP contribution in [0.5, 0.6) is 0 Å². The van der Waals surface area contributed by atoms with Crippen LogP contribution in [0.25, 0.3) is 0 Å². The predicted molar refractivity (Wildman–Crippen MR) is 77.1 cm³/mol. The lowest BCUT2D eigenvalue weighted by Crippen LogP contribution is -2.26. The van der Waals surface area contributed by atoms with Crippen LogP contribution < -0.4 is 11.1 Å². The molecule has 0 aliphatic carbocycles. The number of pyridine rings is 1. The standard InChI is InChI=1S/C14H23N3O2/c1-5-11(9(3)4)17-13-12(15)10(7-8-16-13)14(18)19-6-2/h7-9,11H,5-6,15H2,1-4H3,(H,16,17). The summed E-state index contributed by atoms with van der Waals surface area (Å²) >= 11 is 0. The van der Waals surface area contributed by atoms with Gasteiger partial charge < -0.3 is 15.8 Å². The molecule has 0 aliphatic heterocycles. The van der Waals surface area contributed by atoms with Crippen molar-refractivity contribution in [1.29, 1.82) is 0 Å². The van der Waals surface area contributed by atoms with Crippen LogP contribution in [0.1, 0.15) is 44.5 Å². The van der Waals surface area contributed by atoms with E-state index >= 15 is 0 Å². The van der Waals surface area contributed by atoms with Crippen molar-refractivity contribution in [3.63, 3.8) is 0 Å². The van der Waals surface area contributed by atoms with E-state index < -0.39 is 5.97 Å². The Bertz CT molecular complexity index is 433. The summed E-state index contributed by atoms with van der Waals surface area (Å²) in [6, 6.07) is 1.85. The first-order chi connectivity index (χ1) is 9.01. The quantitative estimate of drug-likeness (QED) is 0.773. The minimum absolute atomic E-state index is 0.271. The first-order valence-corrected chi connectivity index (χ1v) is 6.69. The average Bonchev–Trinajstić information content (AvgIpc) is 2.37. The second-order valence-electron chi connectivity index (χ2n) is 4.74. The summed E-state index contributed by atoms with van der Waals surface area (Å²) in [5.41, 5.74) is 6.70. The molecular weight excluding hydrogens is 242 g/mol. The summed E-state index contributed by atoms with van der Waals surface area (Å²) in [7, 11) is 0. The van der Waals surface area contributed by atoms with Crippen molar-refractivity contribution >= 4 is 17.5 Å². The maximum Gasteiger partial charge on any atom is 0.340 e. The molecule has 0 fully saturated rings. The van der Waals surface area contributed by atoms with Gasteiger partial charge in [0.05, 0.1) is 17.9 Å². The number of esters is 1. The van der Waals surface area contributed by atoms with Crippen LogP contribution in [-0.2, 0) is 4.74 Å². The van der Waals surface area contributed by atoms with Gasteiger partial charge in [0.1, 0.15) is 5.82 Å². The molecule has 1 atom stereocenters. The Kier molecular flexibility index (Phi) is 5.60. The van der Waals surface area contributed by atoms with E-state index in [1.807, 2.05) is 0 Å². The Morgan fingerprint density at radius 1 is 1.47 bits per heavy atom. The largest absolute Gasteiger partial charge is 0.462 e. The Morgan fingerprint density at radius 2 is 2.16 bits per heavy atom. The van der Waals surface area contributed by atoms with Gasteiger partial charge in [-0.2, -0.15) is 0 Å². The summed E-state index contributed by atoms with van der Waals surface area (Å²) < 4.78 is 4.97. The zero-order chi connectivity index (χ0) is 14.4. The summed E-state index contributed by atoms with van der Waals surface area (Å²) in [5.74, 6) is 0.589. The van der Waals surface area contributed by atoms with E-state index in [9.17, 15) is 4.79 Å². The molecular formula is C14H23N3O2. The predicted octanol–water partition coefficient (Wildman–Crippen LogP) is 2.69. The summed E-state index contributed by atoms with van der Waals surface area (Å²) in [5, 5.41) is 3.29. The van der Waals surface area contributed by atoms with Gasteiger partial charge in [0, 0.05) is 12.2 Å². The third kappa shape index (κ3) is 3.84. The number of carbonyl (C=O) groups excluding carboxylic acids is 1. The molecule has 1 aromatic rings. The number of nitrogens with zero attached hydrogens (tertiary/aromatic N) is 1. The smallest absolute Gasteiger partial charge is 0.340 e. The Morgan fingerprint density at radius 3 is 2.68 bits per heavy atom. The lowest BCUT2D eigenvalue weighted by molar-refractivity contribution is 0.0527. The topological polar surface area (TPSA) is 77.2 Å². The van der Waals surface area contributed by atoms with Crippen molar-refractivity contribution < 1.29 is 9.53 Å². The highest BCUT2D eigenvalue weighted by molar-refractivity contribution is 5.97. The highest BCUT2D eigenvalue weighted by atomic mass is 16.5. The number of ether oxygens (including phenoxy) is 1. The number of nitrogens with two attached hydrogens (primary N) is 1. The fourth-order valence-corrected chi connectivity index (χ4v) is 1.89. The van der Waals surface area contributed by atoms with Crippen LogP contribution in [0.15, 0.2) is 12.3 Å². The summed E-state index contributed by atoms with van der Waals surface area (Å²) in [6.45, 7) is 8.45. The van der Waals surface area contributed by atoms with Crippen molar-refractivity contribution in [1.82, 2.24) is 4.98 Å². The van der Waals surface area contributed by atoms with Gasteiger partial charge in [0.15, 0.2) is 0 Å². The fraction of sp³-hybridized carbons (Fsp3) is 0.571. The molecule has 1 unspecified atom stereocenters. The van der Waals surface area contributed by atoms with Crippen molar-refractivity contribution in [2.24, 2.45) is 5.92 Å². The molecule has 1 heterocycles. The number of aromatic nitrogens is 1. The monoisotopic (exact) mass is 265 g/mol. The van der Waals surface area contributed by atoms with E-state index in [1.165, 1.54) is 0 Å². The fourth-order valence-electron chi connectivity index (χ4n) is 1.89. The first kappa shape index (κ1) is 15.3. The molecule has 5 heteroatoms. The zero-order valence-electron chi connectivity index (χ0n) is 12.1. The molecule has 0 aliphatic rings. The molecule has 5 nitrogen and oxygen atoms in total. The number of nitrogens with one attached hydrogen (secondary N) is 1. The van der Waals surface area contributed by atoms with Gasteiger partial charge in [-0.1, -0.05) is 20.8 Å². The maximum absolute atomic E-state index is 11.7. The molecule has 0 saturated carbocycles. The van der Waals surface area contributed by atoms with Crippen LogP contribution in [0.2, 0.25) is 0 Å². The van der Waals surface area contributed by atoms with E-state index in [-0.39, 0.29) is 6.04 Å². The number of hydrogen-bond acceptors (Lipinski definition) is 5. The van der Waals surface area contributed by atoms with Crippen LogP contribution in [0, 0.1) is 5.92 Å². The van der Waals surface area contributed by atoms with Crippen LogP contribution in [-0.4, -0.2) is 23.6 Å². The molecule has 106 valence electrons. The number of rotatable bonds is 6. The summed E-state index contributed by atoms with van der Waals surface area (Å²) in [6.07, 6.45) is 2.53. The molecule has 0 radical (unpaired) electrons. The van der Waals surface area contributed by atoms with Gasteiger partial charge in [-0.15, -0.1) is 0 Å². The second kappa shape index (κ2) is 6.97. The number of hydrogen-bond donors (Lipinski definition) is 2. The SMILES string of the molecule is CCOC(=O)c1ccnc(NC(CC)C(C)C)c1N. The Labute approximate surface area is 114 Å². The van der Waals surface area contributed by atoms with Crippen molar-refractivity contribution in [3.8, 4) is 0 Å². The second-order valence-corrected chi connectivity index (χ2v) is 4.74. The van der Waals surface area contributed by atoms with Crippen LogP contribution >= 0.6 is 0 Å². The third-order valence-electron chi connectivity index (χ3n) is 3.05. The van der Waals surface area contributed by atoms with Crippen LogP contribution in [0.4, 0.5) is 11.5 Å². The number of anilines is 2. The highest BCUT2D eigenvalue weighted by Crippen LogP contribution is 2.23. The van der Waals surface area contributed by atoms with Crippen LogP contribution in [0.3, 0.4) is 0 Å². The minimum atomic E-state index is -0.414. The Hall–Kier alpha value is -1.78. The van der Waals surface area contributed by atoms with Crippen molar-refractivity contribution in [2.45, 2.75) is 40.2 Å². The van der Waals surface area contributed by atoms with Gasteiger partial charge in [0.25, 0.3) is 0 Å². The zero-order valence-corrected chi connectivity index (χ0v) is 12.1. The van der Waals surface area contributed by atoms with E-state index in [2.05, 4.69) is 31.1 Å². The summed E-state index contributed by atoms with van der Waals surface area (Å²) in [4.78, 5) is 16.0. The highest BCUT2D eigenvalue weighted by Gasteiger charge is 2.17. The molecule has 0 amide bonds. The van der Waals surface area contributed by atoms with Crippen molar-refractivity contribution in [3.05, 3.63) is 17.8 Å². The number of nitrogen functional groups attached to an aromatic ring is 1. The normalized spacial score (nSPS) is 12.3. The molecule has 19 heavy (non-hydrogen) atoms.